The number of ether oxygens (including phenoxy) is 3. The first kappa shape index (κ1) is 22.9. The molecule has 0 atom stereocenters. The van der Waals surface area contributed by atoms with Crippen LogP contribution in [0, 0.1) is 0 Å². The zero-order chi connectivity index (χ0) is 23.5. The van der Waals surface area contributed by atoms with Crippen molar-refractivity contribution in [2.24, 2.45) is 0 Å². The molecule has 0 aliphatic rings. The van der Waals surface area contributed by atoms with Gasteiger partial charge in [0.05, 0.1) is 32.7 Å². The van der Waals surface area contributed by atoms with Gasteiger partial charge < -0.3 is 14.2 Å². The first-order chi connectivity index (χ1) is 16.0. The molecule has 4 aromatic rings. The fraction of sp³-hybridized carbons (Fsp3) is 0.200. The lowest BCUT2D eigenvalue weighted by atomic mass is 10.1. The third kappa shape index (κ3) is 4.47. The summed E-state index contributed by atoms with van der Waals surface area (Å²) in [7, 11) is 4.56. The minimum absolute atomic E-state index is 0.197. The average Bonchev–Trinajstić information content (AvgIpc) is 3.39. The Morgan fingerprint density at radius 1 is 1.09 bits per heavy atom. The van der Waals surface area contributed by atoms with Crippen molar-refractivity contribution in [1.82, 2.24) is 9.38 Å². The van der Waals surface area contributed by atoms with E-state index >= 15 is 0 Å². The van der Waals surface area contributed by atoms with Crippen LogP contribution in [0.15, 0.2) is 48.7 Å². The van der Waals surface area contributed by atoms with Gasteiger partial charge in [-0.3, -0.25) is 9.20 Å². The van der Waals surface area contributed by atoms with Gasteiger partial charge in [-0.05, 0) is 42.8 Å². The number of thiazole rings is 1. The number of nitrogens with zero attached hydrogens (tertiary/aromatic N) is 2. The Kier molecular flexibility index (Phi) is 6.72. The predicted octanol–water partition coefficient (Wildman–Crippen LogP) is 6.20. The predicted molar refractivity (Wildman–Crippen MR) is 132 cm³/mol. The zero-order valence-corrected chi connectivity index (χ0v) is 20.3. The fourth-order valence-corrected chi connectivity index (χ4v) is 4.57. The largest absolute Gasteiger partial charge is 0.493 e. The minimum atomic E-state index is -0.197. The Morgan fingerprint density at radius 2 is 1.76 bits per heavy atom. The molecule has 170 valence electrons. The van der Waals surface area contributed by atoms with Gasteiger partial charge in [0.2, 0.25) is 5.75 Å². The van der Waals surface area contributed by atoms with Crippen LogP contribution in [-0.2, 0) is 6.42 Å². The molecule has 0 spiro atoms. The lowest BCUT2D eigenvalue weighted by Gasteiger charge is -2.13. The lowest BCUT2D eigenvalue weighted by molar-refractivity contribution is 0.104. The molecule has 4 rings (SSSR count). The molecule has 0 fully saturated rings. The minimum Gasteiger partial charge on any atom is -0.493 e. The van der Waals surface area contributed by atoms with Gasteiger partial charge in [0, 0.05) is 27.2 Å². The number of carbonyl (C=O) groups excluding carboxylic acids is 1. The van der Waals surface area contributed by atoms with Gasteiger partial charge in [0.1, 0.15) is 0 Å². The van der Waals surface area contributed by atoms with Crippen molar-refractivity contribution >= 4 is 39.8 Å². The van der Waals surface area contributed by atoms with Crippen LogP contribution in [0.1, 0.15) is 27.9 Å². The maximum Gasteiger partial charge on any atom is 0.203 e. The number of aromatic nitrogens is 2. The van der Waals surface area contributed by atoms with E-state index in [2.05, 4.69) is 13.1 Å². The molecule has 2 aromatic heterocycles. The van der Waals surface area contributed by atoms with Crippen LogP contribution >= 0.6 is 22.9 Å². The third-order valence-corrected chi connectivity index (χ3v) is 6.60. The van der Waals surface area contributed by atoms with Crippen molar-refractivity contribution in [2.75, 3.05) is 21.3 Å². The van der Waals surface area contributed by atoms with Crippen LogP contribution in [0.25, 0.3) is 22.3 Å². The quantitative estimate of drug-likeness (QED) is 0.221. The van der Waals surface area contributed by atoms with Gasteiger partial charge in [0.25, 0.3) is 0 Å². The highest BCUT2D eigenvalue weighted by Gasteiger charge is 2.18. The maximum absolute atomic E-state index is 13.1. The maximum atomic E-state index is 13.1. The van der Waals surface area contributed by atoms with E-state index in [1.165, 1.54) is 32.3 Å². The first-order valence-corrected chi connectivity index (χ1v) is 11.5. The van der Waals surface area contributed by atoms with E-state index in [9.17, 15) is 4.79 Å². The van der Waals surface area contributed by atoms with E-state index in [1.807, 2.05) is 28.7 Å². The Morgan fingerprint density at radius 3 is 2.33 bits per heavy atom. The molecule has 0 saturated carbocycles. The van der Waals surface area contributed by atoms with Crippen molar-refractivity contribution in [3.8, 4) is 28.5 Å². The molecular formula is C25H23ClN2O4S. The molecule has 0 N–H and O–H groups in total. The van der Waals surface area contributed by atoms with Crippen molar-refractivity contribution in [2.45, 2.75) is 13.3 Å². The van der Waals surface area contributed by atoms with E-state index in [4.69, 9.17) is 30.8 Å². The van der Waals surface area contributed by atoms with E-state index in [1.54, 1.807) is 29.5 Å². The third-order valence-electron chi connectivity index (χ3n) is 5.22. The molecule has 0 aliphatic heterocycles. The standard InChI is InChI=1S/C25H23ClN2O4S/c1-5-18-14-28-19(23(27-25(28)33-18)15-6-8-17(26)9-7-15)10-11-20(29)16-12-21(30-2)24(32-4)22(13-16)31-3/h6-14H,5H2,1-4H3/b11-10+. The Labute approximate surface area is 201 Å². The SMILES string of the molecule is CCc1cn2c(/C=C/C(=O)c3cc(OC)c(OC)c(OC)c3)c(-c3ccc(Cl)cc3)nc2s1. The van der Waals surface area contributed by atoms with Crippen LogP contribution < -0.4 is 14.2 Å². The second-order valence-electron chi connectivity index (χ2n) is 7.17. The number of fused-ring (bicyclic) bond motifs is 1. The van der Waals surface area contributed by atoms with Gasteiger partial charge in [-0.25, -0.2) is 4.98 Å². The molecule has 0 aliphatic carbocycles. The number of allylic oxidation sites excluding steroid dienone is 1. The lowest BCUT2D eigenvalue weighted by Crippen LogP contribution is -2.00. The number of aryl methyl sites for hydroxylation is 1. The highest BCUT2D eigenvalue weighted by Crippen LogP contribution is 2.38. The number of rotatable bonds is 8. The number of carbonyl (C=O) groups is 1. The summed E-state index contributed by atoms with van der Waals surface area (Å²) in [6, 6.07) is 10.8. The van der Waals surface area contributed by atoms with Gasteiger partial charge in [-0.2, -0.15) is 0 Å². The van der Waals surface area contributed by atoms with Gasteiger partial charge in [0.15, 0.2) is 22.2 Å². The second-order valence-corrected chi connectivity index (χ2v) is 8.70. The van der Waals surface area contributed by atoms with Crippen molar-refractivity contribution in [1.29, 1.82) is 0 Å². The van der Waals surface area contributed by atoms with Crippen LogP contribution in [0.3, 0.4) is 0 Å². The summed E-state index contributed by atoms with van der Waals surface area (Å²) in [5.74, 6) is 1.09. The fourth-order valence-electron chi connectivity index (χ4n) is 3.53. The summed E-state index contributed by atoms with van der Waals surface area (Å²) in [6.45, 7) is 2.11. The number of hydrogen-bond donors (Lipinski definition) is 0. The van der Waals surface area contributed by atoms with Crippen LogP contribution in [0.2, 0.25) is 5.02 Å². The summed E-state index contributed by atoms with van der Waals surface area (Å²) in [4.78, 5) is 20.0. The molecule has 0 unspecified atom stereocenters. The zero-order valence-electron chi connectivity index (χ0n) is 18.7. The summed E-state index contributed by atoms with van der Waals surface area (Å²) in [5, 5.41) is 0.655. The van der Waals surface area contributed by atoms with E-state index in [0.717, 1.165) is 28.3 Å². The van der Waals surface area contributed by atoms with Gasteiger partial charge >= 0.3 is 0 Å². The monoisotopic (exact) mass is 482 g/mol. The average molecular weight is 483 g/mol. The Hall–Kier alpha value is -3.29. The number of methoxy groups -OCH3 is 3. The molecule has 6 nitrogen and oxygen atoms in total. The number of hydrogen-bond acceptors (Lipinski definition) is 6. The van der Waals surface area contributed by atoms with Crippen molar-refractivity contribution in [3.63, 3.8) is 0 Å². The second kappa shape index (κ2) is 9.68. The van der Waals surface area contributed by atoms with E-state index in [0.29, 0.717) is 27.8 Å². The number of halogens is 1. The molecule has 8 heteroatoms. The van der Waals surface area contributed by atoms with E-state index in [-0.39, 0.29) is 5.78 Å². The molecule has 0 radical (unpaired) electrons. The van der Waals surface area contributed by atoms with Crippen molar-refractivity contribution in [3.05, 3.63) is 69.8 Å². The normalized spacial score (nSPS) is 11.3. The van der Waals surface area contributed by atoms with Crippen LogP contribution in [0.4, 0.5) is 0 Å². The smallest absolute Gasteiger partial charge is 0.203 e. The first-order valence-electron chi connectivity index (χ1n) is 10.3. The highest BCUT2D eigenvalue weighted by molar-refractivity contribution is 7.17. The summed E-state index contributed by atoms with van der Waals surface area (Å²) in [5.41, 5.74) is 2.96. The molecule has 0 amide bonds. The number of benzene rings is 2. The Balaban J connectivity index is 1.77. The molecule has 2 aromatic carbocycles. The van der Waals surface area contributed by atoms with Gasteiger partial charge in [-0.15, -0.1) is 11.3 Å². The van der Waals surface area contributed by atoms with Crippen LogP contribution in [0.5, 0.6) is 17.2 Å². The molecule has 33 heavy (non-hydrogen) atoms. The summed E-state index contributed by atoms with van der Waals surface area (Å²) < 4.78 is 18.1. The highest BCUT2D eigenvalue weighted by atomic mass is 35.5. The van der Waals surface area contributed by atoms with Gasteiger partial charge in [-0.1, -0.05) is 30.7 Å². The van der Waals surface area contributed by atoms with Crippen molar-refractivity contribution < 1.29 is 19.0 Å². The molecular weight excluding hydrogens is 460 g/mol. The van der Waals surface area contributed by atoms with Crippen LogP contribution in [-0.4, -0.2) is 36.5 Å². The summed E-state index contributed by atoms with van der Waals surface area (Å²) in [6.07, 6.45) is 6.31. The Bertz CT molecular complexity index is 1310. The molecule has 0 saturated heterocycles. The number of imidazole rings is 1. The molecule has 2 heterocycles. The molecule has 0 bridgehead atoms. The summed E-state index contributed by atoms with van der Waals surface area (Å²) >= 11 is 7.70. The topological polar surface area (TPSA) is 62.1 Å². The van der Waals surface area contributed by atoms with E-state index < -0.39 is 0 Å². The number of ketones is 1.